The summed E-state index contributed by atoms with van der Waals surface area (Å²) < 4.78 is 0.545. The third-order valence-corrected chi connectivity index (χ3v) is 3.98. The molecule has 4 nitrogen and oxygen atoms in total. The van der Waals surface area contributed by atoms with Crippen LogP contribution in [0.25, 0.3) is 0 Å². The number of amidine groups is 1. The van der Waals surface area contributed by atoms with Gasteiger partial charge in [-0.05, 0) is 17.7 Å². The number of hydrogen-bond acceptors (Lipinski definition) is 4. The molecule has 2 aromatic rings. The topological polar surface area (TPSA) is 63.3 Å². The molecular weight excluding hydrogens is 324 g/mol. The Kier molecular flexibility index (Phi) is 5.98. The van der Waals surface area contributed by atoms with Crippen LogP contribution in [0.5, 0.6) is 0 Å². The van der Waals surface area contributed by atoms with E-state index in [-0.39, 0.29) is 5.84 Å². The molecule has 1 aromatic heterocycles. The molecule has 0 saturated carbocycles. The van der Waals surface area contributed by atoms with E-state index in [9.17, 15) is 0 Å². The highest BCUT2D eigenvalue weighted by molar-refractivity contribution is 8.22. The molecule has 0 radical (unpaired) electrons. The lowest BCUT2D eigenvalue weighted by atomic mass is 10.2. The first-order valence-corrected chi connectivity index (χ1v) is 7.84. The molecule has 108 valence electrons. The van der Waals surface area contributed by atoms with Crippen molar-refractivity contribution in [3.8, 4) is 0 Å². The quantitative estimate of drug-likeness (QED) is 0.388. The van der Waals surface area contributed by atoms with E-state index in [0.29, 0.717) is 15.0 Å². The normalized spacial score (nSPS) is 11.2. The molecule has 0 aliphatic heterocycles. The van der Waals surface area contributed by atoms with Gasteiger partial charge in [-0.25, -0.2) is 0 Å². The van der Waals surface area contributed by atoms with Gasteiger partial charge in [-0.2, -0.15) is 5.10 Å². The Hall–Kier alpha value is -1.63. The lowest BCUT2D eigenvalue weighted by Gasteiger charge is -2.04. The number of nitrogens with two attached hydrogens (primary N) is 1. The molecule has 0 aliphatic carbocycles. The minimum absolute atomic E-state index is 0.236. The predicted octanol–water partition coefficient (Wildman–Crippen LogP) is 3.16. The molecule has 1 aromatic carbocycles. The van der Waals surface area contributed by atoms with E-state index in [0.717, 1.165) is 5.75 Å². The second kappa shape index (κ2) is 7.97. The Labute approximate surface area is 137 Å². The highest BCUT2D eigenvalue weighted by atomic mass is 35.5. The SMILES string of the molecule is N/C(=N\NC(=S)SCc1ccccc1)c1cc(Cl)ccn1. The van der Waals surface area contributed by atoms with Gasteiger partial charge in [-0.15, -0.1) is 0 Å². The van der Waals surface area contributed by atoms with Gasteiger partial charge in [0.2, 0.25) is 0 Å². The van der Waals surface area contributed by atoms with Crippen LogP contribution in [0.2, 0.25) is 5.02 Å². The summed E-state index contributed by atoms with van der Waals surface area (Å²) in [5.74, 6) is 1.01. The molecule has 21 heavy (non-hydrogen) atoms. The van der Waals surface area contributed by atoms with Crippen molar-refractivity contribution in [2.75, 3.05) is 0 Å². The molecule has 0 aliphatic rings. The summed E-state index contributed by atoms with van der Waals surface area (Å²) in [6.07, 6.45) is 1.57. The molecule has 0 bridgehead atoms. The van der Waals surface area contributed by atoms with Crippen molar-refractivity contribution in [1.29, 1.82) is 0 Å². The minimum Gasteiger partial charge on any atom is -0.380 e. The number of nitrogens with zero attached hydrogens (tertiary/aromatic N) is 2. The summed E-state index contributed by atoms with van der Waals surface area (Å²) in [6.45, 7) is 0. The number of pyridine rings is 1. The van der Waals surface area contributed by atoms with Crippen LogP contribution in [-0.4, -0.2) is 15.1 Å². The van der Waals surface area contributed by atoms with Gasteiger partial charge in [-0.3, -0.25) is 10.4 Å². The number of aromatic nitrogens is 1. The molecule has 0 spiro atoms. The fraction of sp³-hybridized carbons (Fsp3) is 0.0714. The maximum atomic E-state index is 5.87. The zero-order valence-electron chi connectivity index (χ0n) is 11.0. The van der Waals surface area contributed by atoms with Crippen LogP contribution in [0, 0.1) is 0 Å². The van der Waals surface area contributed by atoms with Crippen molar-refractivity contribution in [3.63, 3.8) is 0 Å². The van der Waals surface area contributed by atoms with Gasteiger partial charge in [0.1, 0.15) is 5.69 Å². The number of nitrogens with one attached hydrogen (secondary N) is 1. The van der Waals surface area contributed by atoms with Gasteiger partial charge >= 0.3 is 0 Å². The fourth-order valence-corrected chi connectivity index (χ4v) is 2.45. The largest absolute Gasteiger partial charge is 0.380 e. The third kappa shape index (κ3) is 5.34. The lowest BCUT2D eigenvalue weighted by molar-refractivity contribution is 1.05. The summed E-state index contributed by atoms with van der Waals surface area (Å²) in [7, 11) is 0. The Bertz CT molecular complexity index is 646. The maximum Gasteiger partial charge on any atom is 0.169 e. The van der Waals surface area contributed by atoms with Crippen molar-refractivity contribution >= 4 is 45.7 Å². The monoisotopic (exact) mass is 336 g/mol. The average Bonchev–Trinajstić information content (AvgIpc) is 2.51. The predicted molar refractivity (Wildman–Crippen MR) is 93.4 cm³/mol. The number of halogens is 1. The molecule has 0 saturated heterocycles. The Balaban J connectivity index is 1.87. The summed E-state index contributed by atoms with van der Waals surface area (Å²) >= 11 is 12.5. The molecule has 0 fully saturated rings. The van der Waals surface area contributed by atoms with Crippen molar-refractivity contribution in [2.45, 2.75) is 5.75 Å². The fourth-order valence-electron chi connectivity index (χ4n) is 1.46. The van der Waals surface area contributed by atoms with Crippen molar-refractivity contribution < 1.29 is 0 Å². The summed E-state index contributed by atoms with van der Waals surface area (Å²) in [4.78, 5) is 4.08. The summed E-state index contributed by atoms with van der Waals surface area (Å²) in [6, 6.07) is 13.4. The van der Waals surface area contributed by atoms with Crippen LogP contribution in [0.1, 0.15) is 11.3 Å². The van der Waals surface area contributed by atoms with Gasteiger partial charge in [0, 0.05) is 17.0 Å². The van der Waals surface area contributed by atoms with Crippen molar-refractivity contribution in [2.24, 2.45) is 10.8 Å². The van der Waals surface area contributed by atoms with E-state index in [1.165, 1.54) is 17.3 Å². The van der Waals surface area contributed by atoms with E-state index < -0.39 is 0 Å². The lowest BCUT2D eigenvalue weighted by Crippen LogP contribution is -2.22. The van der Waals surface area contributed by atoms with Crippen LogP contribution in [0.3, 0.4) is 0 Å². The molecule has 2 rings (SSSR count). The van der Waals surface area contributed by atoms with E-state index in [4.69, 9.17) is 29.6 Å². The first-order chi connectivity index (χ1) is 10.1. The average molecular weight is 337 g/mol. The van der Waals surface area contributed by atoms with Crippen LogP contribution in [-0.2, 0) is 5.75 Å². The van der Waals surface area contributed by atoms with Gasteiger partial charge in [0.25, 0.3) is 0 Å². The van der Waals surface area contributed by atoms with Gasteiger partial charge in [-0.1, -0.05) is 65.9 Å². The second-order valence-electron chi connectivity index (χ2n) is 4.03. The van der Waals surface area contributed by atoms with E-state index >= 15 is 0 Å². The Morgan fingerprint density at radius 1 is 1.33 bits per heavy atom. The first kappa shape index (κ1) is 15.8. The summed E-state index contributed by atoms with van der Waals surface area (Å²) in [5, 5.41) is 4.56. The zero-order chi connectivity index (χ0) is 15.1. The number of thioether (sulfide) groups is 1. The van der Waals surface area contributed by atoms with Crippen LogP contribution in [0.4, 0.5) is 0 Å². The van der Waals surface area contributed by atoms with Crippen LogP contribution in [0.15, 0.2) is 53.8 Å². The molecule has 7 heteroatoms. The minimum atomic E-state index is 0.236. The highest BCUT2D eigenvalue weighted by Gasteiger charge is 2.02. The molecule has 1 heterocycles. The zero-order valence-corrected chi connectivity index (χ0v) is 13.4. The van der Waals surface area contributed by atoms with Crippen molar-refractivity contribution in [1.82, 2.24) is 10.4 Å². The Morgan fingerprint density at radius 3 is 2.81 bits per heavy atom. The number of hydrazone groups is 1. The van der Waals surface area contributed by atoms with Crippen LogP contribution >= 0.6 is 35.6 Å². The maximum absolute atomic E-state index is 5.87. The summed E-state index contributed by atoms with van der Waals surface area (Å²) in [5.41, 5.74) is 10.3. The highest BCUT2D eigenvalue weighted by Crippen LogP contribution is 2.12. The number of benzene rings is 1. The van der Waals surface area contributed by atoms with Crippen LogP contribution < -0.4 is 11.2 Å². The van der Waals surface area contributed by atoms with E-state index in [1.54, 1.807) is 18.3 Å². The third-order valence-electron chi connectivity index (χ3n) is 2.46. The standard InChI is InChI=1S/C14H13ClN4S2/c15-11-6-7-17-12(8-11)13(16)18-19-14(20)21-9-10-4-2-1-3-5-10/h1-8H,9H2,(H2,16,18)(H,19,20). The second-order valence-corrected chi connectivity index (χ2v) is 6.12. The van der Waals surface area contributed by atoms with Gasteiger partial charge in [0.05, 0.1) is 0 Å². The van der Waals surface area contributed by atoms with E-state index in [1.807, 2.05) is 30.3 Å². The van der Waals surface area contributed by atoms with Gasteiger partial charge < -0.3 is 5.73 Å². The number of thiocarbonyl (C=S) groups is 1. The Morgan fingerprint density at radius 2 is 2.10 bits per heavy atom. The number of hydrogen-bond donors (Lipinski definition) is 2. The van der Waals surface area contributed by atoms with E-state index in [2.05, 4.69) is 15.5 Å². The van der Waals surface area contributed by atoms with Gasteiger partial charge in [0.15, 0.2) is 10.2 Å². The van der Waals surface area contributed by atoms with Crippen molar-refractivity contribution in [3.05, 3.63) is 64.9 Å². The molecule has 0 unspecified atom stereocenters. The molecule has 3 N–H and O–H groups in total. The molecule has 0 amide bonds. The molecule has 0 atom stereocenters. The molecular formula is C14H13ClN4S2. The smallest absolute Gasteiger partial charge is 0.169 e. The number of rotatable bonds is 4. The first-order valence-electron chi connectivity index (χ1n) is 6.07.